The molecule has 0 spiro atoms. The maximum absolute atomic E-state index is 12.5. The van der Waals surface area contributed by atoms with E-state index in [9.17, 15) is 4.79 Å². The van der Waals surface area contributed by atoms with Crippen molar-refractivity contribution in [2.45, 2.75) is 19.9 Å². The summed E-state index contributed by atoms with van der Waals surface area (Å²) in [6.45, 7) is 4.06. The Labute approximate surface area is 135 Å². The van der Waals surface area contributed by atoms with Crippen molar-refractivity contribution in [2.24, 2.45) is 0 Å². The lowest BCUT2D eigenvalue weighted by Gasteiger charge is -2.24. The number of hydrogen-bond acceptors (Lipinski definition) is 3. The molecular weight excluding hydrogens is 360 g/mol. The van der Waals surface area contributed by atoms with Gasteiger partial charge in [0.15, 0.2) is 0 Å². The average Bonchev–Trinajstić information content (AvgIpc) is 2.85. The summed E-state index contributed by atoms with van der Waals surface area (Å²) < 4.78 is 0.735. The van der Waals surface area contributed by atoms with Crippen LogP contribution in [0, 0.1) is 6.92 Å². The third kappa shape index (κ3) is 3.22. The predicted molar refractivity (Wildman–Crippen MR) is 86.5 cm³/mol. The standard InChI is InChI=1S/C14H14BrClN2OS/c1-8-4-5-12(20-8)9(2)18(3)14(19)11-6-10(15)7-17-13(11)16/h4-7,9H,1-3H3. The molecule has 0 bridgehead atoms. The van der Waals surface area contributed by atoms with Crippen LogP contribution in [-0.4, -0.2) is 22.8 Å². The van der Waals surface area contributed by atoms with Crippen LogP contribution in [0.15, 0.2) is 28.9 Å². The van der Waals surface area contributed by atoms with E-state index in [1.807, 2.05) is 6.92 Å². The number of thiophene rings is 1. The van der Waals surface area contributed by atoms with Gasteiger partial charge in [0.05, 0.1) is 11.6 Å². The molecule has 6 heteroatoms. The minimum atomic E-state index is -0.137. The summed E-state index contributed by atoms with van der Waals surface area (Å²) in [5.74, 6) is -0.137. The smallest absolute Gasteiger partial charge is 0.257 e. The minimum absolute atomic E-state index is 0.00347. The molecule has 2 heterocycles. The van der Waals surface area contributed by atoms with Crippen molar-refractivity contribution in [3.8, 4) is 0 Å². The Morgan fingerprint density at radius 3 is 2.80 bits per heavy atom. The van der Waals surface area contributed by atoms with Crippen molar-refractivity contribution in [3.05, 3.63) is 49.3 Å². The number of aryl methyl sites for hydroxylation is 1. The highest BCUT2D eigenvalue weighted by atomic mass is 79.9. The van der Waals surface area contributed by atoms with Crippen molar-refractivity contribution < 1.29 is 4.79 Å². The van der Waals surface area contributed by atoms with Crippen LogP contribution in [-0.2, 0) is 0 Å². The Balaban J connectivity index is 2.26. The molecule has 0 aromatic carbocycles. The van der Waals surface area contributed by atoms with Crippen molar-refractivity contribution in [3.63, 3.8) is 0 Å². The van der Waals surface area contributed by atoms with Gasteiger partial charge >= 0.3 is 0 Å². The first-order valence-corrected chi connectivity index (χ1v) is 8.03. The van der Waals surface area contributed by atoms with Crippen LogP contribution in [0.5, 0.6) is 0 Å². The molecule has 1 amide bonds. The lowest BCUT2D eigenvalue weighted by molar-refractivity contribution is 0.0744. The quantitative estimate of drug-likeness (QED) is 0.731. The van der Waals surface area contributed by atoms with E-state index in [2.05, 4.69) is 40.0 Å². The molecule has 2 aromatic rings. The van der Waals surface area contributed by atoms with E-state index >= 15 is 0 Å². The van der Waals surface area contributed by atoms with Gasteiger partial charge in [0.2, 0.25) is 0 Å². The van der Waals surface area contributed by atoms with E-state index in [-0.39, 0.29) is 17.1 Å². The fraction of sp³-hybridized carbons (Fsp3) is 0.286. The highest BCUT2D eigenvalue weighted by Crippen LogP contribution is 2.28. The number of nitrogens with zero attached hydrogens (tertiary/aromatic N) is 2. The third-order valence-electron chi connectivity index (χ3n) is 3.11. The molecule has 3 nitrogen and oxygen atoms in total. The number of pyridine rings is 1. The summed E-state index contributed by atoms with van der Waals surface area (Å²) in [5, 5.41) is 0.222. The summed E-state index contributed by atoms with van der Waals surface area (Å²) >= 11 is 11.0. The van der Waals surface area contributed by atoms with Gasteiger partial charge < -0.3 is 4.90 Å². The van der Waals surface area contributed by atoms with Gasteiger partial charge in [0.1, 0.15) is 5.15 Å². The molecule has 1 unspecified atom stereocenters. The molecule has 2 aromatic heterocycles. The largest absolute Gasteiger partial charge is 0.334 e. The average molecular weight is 374 g/mol. The summed E-state index contributed by atoms with van der Waals surface area (Å²) in [4.78, 5) is 20.6. The Morgan fingerprint density at radius 2 is 2.20 bits per heavy atom. The molecule has 0 saturated heterocycles. The molecular formula is C14H14BrClN2OS. The van der Waals surface area contributed by atoms with Crippen molar-refractivity contribution >= 4 is 44.8 Å². The van der Waals surface area contributed by atoms with Gasteiger partial charge in [-0.2, -0.15) is 0 Å². The molecule has 20 heavy (non-hydrogen) atoms. The van der Waals surface area contributed by atoms with Gasteiger partial charge in [-0.3, -0.25) is 4.79 Å². The first-order chi connectivity index (χ1) is 9.40. The maximum atomic E-state index is 12.5. The molecule has 0 fully saturated rings. The molecule has 0 N–H and O–H groups in total. The normalized spacial score (nSPS) is 12.2. The highest BCUT2D eigenvalue weighted by Gasteiger charge is 2.22. The monoisotopic (exact) mass is 372 g/mol. The summed E-state index contributed by atoms with van der Waals surface area (Å²) in [6, 6.07) is 5.80. The van der Waals surface area contributed by atoms with Crippen LogP contribution in [0.25, 0.3) is 0 Å². The Kier molecular flexibility index (Phi) is 4.83. The summed E-state index contributed by atoms with van der Waals surface area (Å²) in [7, 11) is 1.78. The van der Waals surface area contributed by atoms with Gasteiger partial charge in [0, 0.05) is 27.5 Å². The van der Waals surface area contributed by atoms with Crippen LogP contribution in [0.4, 0.5) is 0 Å². The van der Waals surface area contributed by atoms with E-state index in [1.165, 1.54) is 4.88 Å². The Bertz CT molecular complexity index is 644. The molecule has 0 radical (unpaired) electrons. The van der Waals surface area contributed by atoms with Crippen LogP contribution in [0.3, 0.4) is 0 Å². The number of carbonyl (C=O) groups is 1. The lowest BCUT2D eigenvalue weighted by atomic mass is 10.2. The second-order valence-corrected chi connectivity index (χ2v) is 7.13. The van der Waals surface area contributed by atoms with E-state index < -0.39 is 0 Å². The predicted octanol–water partition coefficient (Wildman–Crippen LogP) is 4.70. The van der Waals surface area contributed by atoms with Gasteiger partial charge in [-0.25, -0.2) is 4.98 Å². The third-order valence-corrected chi connectivity index (χ3v) is 5.02. The fourth-order valence-electron chi connectivity index (χ4n) is 1.81. The fourth-order valence-corrected chi connectivity index (χ4v) is 3.30. The molecule has 0 aliphatic carbocycles. The molecule has 106 valence electrons. The minimum Gasteiger partial charge on any atom is -0.334 e. The second-order valence-electron chi connectivity index (χ2n) is 4.53. The molecule has 0 aliphatic rings. The molecule has 0 aliphatic heterocycles. The van der Waals surface area contributed by atoms with Crippen molar-refractivity contribution in [1.29, 1.82) is 0 Å². The van der Waals surface area contributed by atoms with E-state index in [0.29, 0.717) is 5.56 Å². The molecule has 1 atom stereocenters. The number of aromatic nitrogens is 1. The topological polar surface area (TPSA) is 33.2 Å². The molecule has 2 rings (SSSR count). The number of amides is 1. The van der Waals surface area contributed by atoms with Gasteiger partial charge in [0.25, 0.3) is 5.91 Å². The van der Waals surface area contributed by atoms with Gasteiger partial charge in [-0.15, -0.1) is 11.3 Å². The van der Waals surface area contributed by atoms with Crippen molar-refractivity contribution in [2.75, 3.05) is 7.05 Å². The van der Waals surface area contributed by atoms with Crippen molar-refractivity contribution in [1.82, 2.24) is 9.88 Å². The van der Waals surface area contributed by atoms with Gasteiger partial charge in [-0.1, -0.05) is 11.6 Å². The summed E-state index contributed by atoms with van der Waals surface area (Å²) in [6.07, 6.45) is 1.57. The van der Waals surface area contributed by atoms with Crippen LogP contribution >= 0.6 is 38.9 Å². The number of hydrogen-bond donors (Lipinski definition) is 0. The zero-order chi connectivity index (χ0) is 14.9. The Morgan fingerprint density at radius 1 is 1.50 bits per heavy atom. The number of halogens is 2. The molecule has 0 saturated carbocycles. The van der Waals surface area contributed by atoms with E-state index in [4.69, 9.17) is 11.6 Å². The zero-order valence-electron chi connectivity index (χ0n) is 11.4. The van der Waals surface area contributed by atoms with Crippen LogP contribution in [0.2, 0.25) is 5.15 Å². The maximum Gasteiger partial charge on any atom is 0.257 e. The van der Waals surface area contributed by atoms with E-state index in [0.717, 1.165) is 9.35 Å². The Hall–Kier alpha value is -0.910. The lowest BCUT2D eigenvalue weighted by Crippen LogP contribution is -2.29. The second kappa shape index (κ2) is 6.24. The number of carbonyl (C=O) groups excluding carboxylic acids is 1. The highest BCUT2D eigenvalue weighted by molar-refractivity contribution is 9.10. The first kappa shape index (κ1) is 15.5. The number of rotatable bonds is 3. The first-order valence-electron chi connectivity index (χ1n) is 6.04. The van der Waals surface area contributed by atoms with E-state index in [1.54, 1.807) is 35.5 Å². The van der Waals surface area contributed by atoms with Gasteiger partial charge in [-0.05, 0) is 48.0 Å². The zero-order valence-corrected chi connectivity index (χ0v) is 14.5. The van der Waals surface area contributed by atoms with Crippen LogP contribution < -0.4 is 0 Å². The SMILES string of the molecule is Cc1ccc(C(C)N(C)C(=O)c2cc(Br)cnc2Cl)s1. The summed E-state index contributed by atoms with van der Waals surface area (Å²) in [5.41, 5.74) is 0.406. The van der Waals surface area contributed by atoms with Crippen LogP contribution in [0.1, 0.15) is 33.1 Å².